The summed E-state index contributed by atoms with van der Waals surface area (Å²) in [5.41, 5.74) is 6.16. The second-order valence-corrected chi connectivity index (χ2v) is 7.38. The fourth-order valence-electron chi connectivity index (χ4n) is 2.87. The van der Waals surface area contributed by atoms with Gasteiger partial charge in [0.15, 0.2) is 0 Å². The molecule has 3 rings (SSSR count). The maximum absolute atomic E-state index is 12.6. The molecule has 0 radical (unpaired) electrons. The first-order chi connectivity index (χ1) is 9.40. The van der Waals surface area contributed by atoms with Crippen LogP contribution in [0.15, 0.2) is 29.2 Å². The number of fused-ring (bicyclic) bond motifs is 3. The Hall–Kier alpha value is -1.69. The van der Waals surface area contributed by atoms with Crippen LogP contribution >= 0.6 is 11.8 Å². The predicted molar refractivity (Wildman–Crippen MR) is 78.8 cm³/mol. The minimum atomic E-state index is -0.475. The molecule has 2 aliphatic rings. The van der Waals surface area contributed by atoms with Crippen molar-refractivity contribution in [2.45, 2.75) is 29.5 Å². The minimum absolute atomic E-state index is 0.0191. The van der Waals surface area contributed by atoms with Crippen LogP contribution in [0.3, 0.4) is 0 Å². The van der Waals surface area contributed by atoms with Crippen molar-refractivity contribution in [2.24, 2.45) is 5.73 Å². The number of amides is 3. The molecule has 2 aliphatic heterocycles. The first kappa shape index (κ1) is 13.3. The van der Waals surface area contributed by atoms with Crippen LogP contribution in [0.1, 0.15) is 13.8 Å². The van der Waals surface area contributed by atoms with Crippen molar-refractivity contribution < 1.29 is 9.59 Å². The first-order valence-electron chi connectivity index (χ1n) is 6.54. The lowest BCUT2D eigenvalue weighted by Crippen LogP contribution is -2.49. The van der Waals surface area contributed by atoms with Crippen LogP contribution in [0.4, 0.5) is 10.5 Å². The van der Waals surface area contributed by atoms with Crippen molar-refractivity contribution in [1.82, 2.24) is 4.90 Å². The molecule has 1 aromatic carbocycles. The summed E-state index contributed by atoms with van der Waals surface area (Å²) in [5.74, 6) is -0.475. The van der Waals surface area contributed by atoms with E-state index in [1.165, 1.54) is 4.90 Å². The maximum atomic E-state index is 12.6. The fourth-order valence-corrected chi connectivity index (χ4v) is 4.17. The summed E-state index contributed by atoms with van der Waals surface area (Å²) in [4.78, 5) is 28.1. The quantitative estimate of drug-likeness (QED) is 0.901. The SMILES string of the molecule is CC1(C)Sc2ccccc2N2C(=O)N(CC(N)=O)CC21. The molecule has 0 bridgehead atoms. The van der Waals surface area contributed by atoms with Crippen molar-refractivity contribution in [3.05, 3.63) is 24.3 Å². The standard InChI is InChI=1S/C14H17N3O2S/c1-14(2)11-7-16(8-12(15)18)13(19)17(11)9-5-3-4-6-10(9)20-14/h3-6,11H,7-8H2,1-2H3,(H2,15,18). The van der Waals surface area contributed by atoms with Gasteiger partial charge >= 0.3 is 6.03 Å². The molecule has 0 saturated carbocycles. The highest BCUT2D eigenvalue weighted by Crippen LogP contribution is 2.49. The van der Waals surface area contributed by atoms with Gasteiger partial charge in [0.1, 0.15) is 6.54 Å². The van der Waals surface area contributed by atoms with Gasteiger partial charge in [0.2, 0.25) is 5.91 Å². The number of carbonyl (C=O) groups is 2. The molecule has 1 unspecified atom stereocenters. The number of anilines is 1. The van der Waals surface area contributed by atoms with E-state index in [-0.39, 0.29) is 23.4 Å². The zero-order valence-electron chi connectivity index (χ0n) is 11.5. The number of urea groups is 1. The third kappa shape index (κ3) is 1.95. The van der Waals surface area contributed by atoms with Gasteiger partial charge in [-0.15, -0.1) is 11.8 Å². The maximum Gasteiger partial charge on any atom is 0.325 e. The van der Waals surface area contributed by atoms with E-state index in [4.69, 9.17) is 5.73 Å². The van der Waals surface area contributed by atoms with Crippen LogP contribution in [0.25, 0.3) is 0 Å². The molecule has 6 heteroatoms. The molecule has 1 fully saturated rings. The summed E-state index contributed by atoms with van der Waals surface area (Å²) in [6.07, 6.45) is 0. The van der Waals surface area contributed by atoms with Gasteiger partial charge in [-0.25, -0.2) is 4.79 Å². The molecular weight excluding hydrogens is 274 g/mol. The molecular formula is C14H17N3O2S. The molecule has 1 saturated heterocycles. The number of nitrogens with two attached hydrogens (primary N) is 1. The second kappa shape index (κ2) is 4.41. The number of nitrogens with zero attached hydrogens (tertiary/aromatic N) is 2. The highest BCUT2D eigenvalue weighted by Gasteiger charge is 2.50. The number of benzene rings is 1. The molecule has 106 valence electrons. The van der Waals surface area contributed by atoms with Crippen LogP contribution in [0, 0.1) is 0 Å². The Labute approximate surface area is 122 Å². The Morgan fingerprint density at radius 3 is 2.85 bits per heavy atom. The number of hydrogen-bond donors (Lipinski definition) is 1. The summed E-state index contributed by atoms with van der Waals surface area (Å²) >= 11 is 1.78. The minimum Gasteiger partial charge on any atom is -0.368 e. The number of para-hydroxylation sites is 1. The Balaban J connectivity index is 2.03. The van der Waals surface area contributed by atoms with Crippen molar-refractivity contribution in [3.63, 3.8) is 0 Å². The van der Waals surface area contributed by atoms with Crippen molar-refractivity contribution >= 4 is 29.4 Å². The average Bonchev–Trinajstić information content (AvgIpc) is 2.67. The Morgan fingerprint density at radius 2 is 2.15 bits per heavy atom. The van der Waals surface area contributed by atoms with Gasteiger partial charge < -0.3 is 10.6 Å². The largest absolute Gasteiger partial charge is 0.368 e. The number of carbonyl (C=O) groups excluding carboxylic acids is 2. The number of rotatable bonds is 2. The Morgan fingerprint density at radius 1 is 1.45 bits per heavy atom. The Kier molecular flexibility index (Phi) is 2.93. The van der Waals surface area contributed by atoms with Gasteiger partial charge in [-0.1, -0.05) is 12.1 Å². The van der Waals surface area contributed by atoms with E-state index in [9.17, 15) is 9.59 Å². The lowest BCUT2D eigenvalue weighted by atomic mass is 10.0. The zero-order valence-corrected chi connectivity index (χ0v) is 12.3. The van der Waals surface area contributed by atoms with E-state index in [0.717, 1.165) is 10.6 Å². The summed E-state index contributed by atoms with van der Waals surface area (Å²) in [5, 5.41) is 0. The summed E-state index contributed by atoms with van der Waals surface area (Å²) in [6.45, 7) is 4.78. The normalized spacial score (nSPS) is 23.5. The molecule has 2 N–H and O–H groups in total. The monoisotopic (exact) mass is 291 g/mol. The van der Waals surface area contributed by atoms with Crippen LogP contribution < -0.4 is 10.6 Å². The van der Waals surface area contributed by atoms with Crippen molar-refractivity contribution in [2.75, 3.05) is 18.0 Å². The lowest BCUT2D eigenvalue weighted by Gasteiger charge is -2.41. The smallest absolute Gasteiger partial charge is 0.325 e. The number of primary amides is 1. The van der Waals surface area contributed by atoms with Crippen LogP contribution in [0.2, 0.25) is 0 Å². The van der Waals surface area contributed by atoms with Crippen LogP contribution in [-0.4, -0.2) is 40.7 Å². The number of hydrogen-bond acceptors (Lipinski definition) is 3. The highest BCUT2D eigenvalue weighted by molar-refractivity contribution is 8.01. The molecule has 2 heterocycles. The Bertz CT molecular complexity index is 588. The van der Waals surface area contributed by atoms with E-state index < -0.39 is 5.91 Å². The van der Waals surface area contributed by atoms with E-state index in [1.54, 1.807) is 11.8 Å². The zero-order chi connectivity index (χ0) is 14.5. The van der Waals surface area contributed by atoms with Crippen LogP contribution in [-0.2, 0) is 4.79 Å². The highest BCUT2D eigenvalue weighted by atomic mass is 32.2. The van der Waals surface area contributed by atoms with E-state index in [2.05, 4.69) is 13.8 Å². The molecule has 1 aromatic rings. The topological polar surface area (TPSA) is 66.6 Å². The molecule has 20 heavy (non-hydrogen) atoms. The first-order valence-corrected chi connectivity index (χ1v) is 7.36. The third-order valence-corrected chi connectivity index (χ3v) is 5.19. The molecule has 0 spiro atoms. The van der Waals surface area contributed by atoms with Crippen molar-refractivity contribution in [3.8, 4) is 0 Å². The molecule has 1 atom stereocenters. The second-order valence-electron chi connectivity index (χ2n) is 5.69. The predicted octanol–water partition coefficient (Wildman–Crippen LogP) is 1.67. The number of thioether (sulfide) groups is 1. The molecule has 5 nitrogen and oxygen atoms in total. The van der Waals surface area contributed by atoms with E-state index >= 15 is 0 Å². The van der Waals surface area contributed by atoms with Gasteiger partial charge in [0, 0.05) is 16.2 Å². The summed E-state index contributed by atoms with van der Waals surface area (Å²) < 4.78 is -0.101. The van der Waals surface area contributed by atoms with Crippen LogP contribution in [0.5, 0.6) is 0 Å². The third-order valence-electron chi connectivity index (χ3n) is 3.83. The molecule has 3 amide bonds. The van der Waals surface area contributed by atoms with E-state index in [1.807, 2.05) is 29.2 Å². The molecule has 0 aromatic heterocycles. The van der Waals surface area contributed by atoms with E-state index in [0.29, 0.717) is 6.54 Å². The molecule has 0 aliphatic carbocycles. The summed E-state index contributed by atoms with van der Waals surface area (Å²) in [7, 11) is 0. The van der Waals surface area contributed by atoms with Gasteiger partial charge in [0.05, 0.1) is 11.7 Å². The van der Waals surface area contributed by atoms with Gasteiger partial charge in [-0.05, 0) is 26.0 Å². The van der Waals surface area contributed by atoms with Gasteiger partial charge in [-0.2, -0.15) is 0 Å². The van der Waals surface area contributed by atoms with Gasteiger partial charge in [-0.3, -0.25) is 9.69 Å². The summed E-state index contributed by atoms with van der Waals surface area (Å²) in [6, 6.07) is 7.81. The lowest BCUT2D eigenvalue weighted by molar-refractivity contribution is -0.118. The van der Waals surface area contributed by atoms with Gasteiger partial charge in [0.25, 0.3) is 0 Å². The fraction of sp³-hybridized carbons (Fsp3) is 0.429. The van der Waals surface area contributed by atoms with Crippen molar-refractivity contribution in [1.29, 1.82) is 0 Å². The average molecular weight is 291 g/mol.